The third kappa shape index (κ3) is 3.19. The quantitative estimate of drug-likeness (QED) is 0.722. The first kappa shape index (κ1) is 15.4. The summed E-state index contributed by atoms with van der Waals surface area (Å²) in [5, 5.41) is 9.62. The van der Waals surface area contributed by atoms with Gasteiger partial charge in [-0.3, -0.25) is 0 Å². The van der Waals surface area contributed by atoms with Crippen LogP contribution in [0.2, 0.25) is 0 Å². The van der Waals surface area contributed by atoms with Crippen LogP contribution in [0.5, 0.6) is 11.5 Å². The van der Waals surface area contributed by atoms with E-state index in [-0.39, 0.29) is 0 Å². The number of rotatable bonds is 5. The zero-order valence-electron chi connectivity index (χ0n) is 12.3. The average Bonchev–Trinajstić information content (AvgIpc) is 2.51. The standard InChI is InChI=1S/C14H17AsN4O2/c1-19(6-4-5-16)14-17-10-8-12(21-3)11(20-2)7-9(10)13(15)18-14/h7-8H,4,6,15H2,1-3H3. The van der Waals surface area contributed by atoms with E-state index in [1.165, 1.54) is 16.9 Å². The molecule has 0 aliphatic carbocycles. The van der Waals surface area contributed by atoms with Crippen molar-refractivity contribution in [1.82, 2.24) is 9.97 Å². The van der Waals surface area contributed by atoms with Crippen LogP contribution in [0.15, 0.2) is 12.1 Å². The molecule has 0 bridgehead atoms. The summed E-state index contributed by atoms with van der Waals surface area (Å²) in [6.07, 6.45) is 0.439. The molecule has 0 radical (unpaired) electrons. The number of benzene rings is 1. The van der Waals surface area contributed by atoms with Crippen molar-refractivity contribution in [3.05, 3.63) is 12.1 Å². The minimum absolute atomic E-state index is 0.439. The normalized spacial score (nSPS) is 10.2. The zero-order valence-corrected chi connectivity index (χ0v) is 14.7. The van der Waals surface area contributed by atoms with Gasteiger partial charge in [0.1, 0.15) is 0 Å². The second-order valence-corrected chi connectivity index (χ2v) is 5.61. The molecule has 6 nitrogen and oxygen atoms in total. The van der Waals surface area contributed by atoms with Gasteiger partial charge in [-0.2, -0.15) is 0 Å². The Morgan fingerprint density at radius 3 is 2.52 bits per heavy atom. The predicted octanol–water partition coefficient (Wildman–Crippen LogP) is 0.255. The monoisotopic (exact) mass is 348 g/mol. The Morgan fingerprint density at radius 1 is 1.24 bits per heavy atom. The fraction of sp³-hybridized carbons (Fsp3) is 0.357. The summed E-state index contributed by atoms with van der Waals surface area (Å²) in [5.41, 5.74) is 0.806. The number of methoxy groups -OCH3 is 2. The fourth-order valence-corrected chi connectivity index (χ4v) is 2.68. The van der Waals surface area contributed by atoms with E-state index < -0.39 is 0 Å². The van der Waals surface area contributed by atoms with Crippen molar-refractivity contribution in [3.8, 4) is 17.6 Å². The van der Waals surface area contributed by atoms with Crippen LogP contribution < -0.4 is 18.9 Å². The molecule has 110 valence electrons. The number of aromatic nitrogens is 2. The number of ether oxygens (including phenoxy) is 2. The molecule has 0 aliphatic rings. The van der Waals surface area contributed by atoms with E-state index in [2.05, 4.69) is 16.0 Å². The first-order chi connectivity index (χ1) is 10.1. The molecule has 0 saturated carbocycles. The second kappa shape index (κ2) is 6.64. The van der Waals surface area contributed by atoms with E-state index in [4.69, 9.17) is 14.7 Å². The zero-order chi connectivity index (χ0) is 15.4. The summed E-state index contributed by atoms with van der Waals surface area (Å²) >= 11 is 1.42. The van der Waals surface area contributed by atoms with Crippen LogP contribution in [0.25, 0.3) is 10.9 Å². The molecular weight excluding hydrogens is 331 g/mol. The van der Waals surface area contributed by atoms with Gasteiger partial charge in [-0.05, 0) is 0 Å². The van der Waals surface area contributed by atoms with Crippen molar-refractivity contribution in [3.63, 3.8) is 0 Å². The maximum absolute atomic E-state index is 8.67. The molecule has 7 heteroatoms. The summed E-state index contributed by atoms with van der Waals surface area (Å²) in [7, 11) is 5.09. The number of nitrogens with zero attached hydrogens (tertiary/aromatic N) is 4. The van der Waals surface area contributed by atoms with Gasteiger partial charge in [0.05, 0.1) is 0 Å². The van der Waals surface area contributed by atoms with E-state index in [0.29, 0.717) is 30.4 Å². The molecule has 0 fully saturated rings. The molecule has 1 unspecified atom stereocenters. The number of hydrogen-bond acceptors (Lipinski definition) is 6. The van der Waals surface area contributed by atoms with E-state index in [1.54, 1.807) is 14.2 Å². The van der Waals surface area contributed by atoms with Gasteiger partial charge in [0.2, 0.25) is 0 Å². The van der Waals surface area contributed by atoms with Gasteiger partial charge in [0, 0.05) is 0 Å². The van der Waals surface area contributed by atoms with Crippen molar-refractivity contribution in [2.75, 3.05) is 32.7 Å². The number of nitriles is 1. The van der Waals surface area contributed by atoms with Crippen LogP contribution in [0.1, 0.15) is 6.42 Å². The van der Waals surface area contributed by atoms with Crippen LogP contribution in [-0.2, 0) is 0 Å². The molecule has 1 aromatic heterocycles. The summed E-state index contributed by atoms with van der Waals surface area (Å²) in [5.74, 6) is 1.92. The van der Waals surface area contributed by atoms with Crippen molar-refractivity contribution in [2.24, 2.45) is 0 Å². The Labute approximate surface area is 132 Å². The fourth-order valence-electron chi connectivity index (χ4n) is 1.96. The number of anilines is 1. The molecule has 0 N–H and O–H groups in total. The Kier molecular flexibility index (Phi) is 4.87. The summed E-state index contributed by atoms with van der Waals surface area (Å²) < 4.78 is 11.5. The first-order valence-electron chi connectivity index (χ1n) is 6.38. The van der Waals surface area contributed by atoms with E-state index in [9.17, 15) is 0 Å². The van der Waals surface area contributed by atoms with Gasteiger partial charge < -0.3 is 0 Å². The van der Waals surface area contributed by atoms with Crippen LogP contribution in [0, 0.1) is 11.3 Å². The topological polar surface area (TPSA) is 71.3 Å². The molecule has 1 aromatic carbocycles. The van der Waals surface area contributed by atoms with Crippen LogP contribution in [0.4, 0.5) is 5.95 Å². The predicted molar refractivity (Wildman–Crippen MR) is 84.3 cm³/mol. The molecule has 2 rings (SSSR count). The average molecular weight is 348 g/mol. The van der Waals surface area contributed by atoms with Crippen molar-refractivity contribution < 1.29 is 9.47 Å². The van der Waals surface area contributed by atoms with Crippen molar-refractivity contribution in [2.45, 2.75) is 6.42 Å². The van der Waals surface area contributed by atoms with Crippen LogP contribution in [-0.4, -0.2) is 54.6 Å². The second-order valence-electron chi connectivity index (χ2n) is 4.46. The Balaban J connectivity index is 2.52. The molecule has 21 heavy (non-hydrogen) atoms. The Hall–Kier alpha value is -1.99. The van der Waals surface area contributed by atoms with Gasteiger partial charge in [-0.15, -0.1) is 0 Å². The molecule has 2 aromatic rings. The molecule has 1 heterocycles. The molecule has 0 saturated heterocycles. The Morgan fingerprint density at radius 2 is 1.90 bits per heavy atom. The van der Waals surface area contributed by atoms with Crippen molar-refractivity contribution in [1.29, 1.82) is 5.26 Å². The molecule has 1 atom stereocenters. The van der Waals surface area contributed by atoms with Gasteiger partial charge in [-0.25, -0.2) is 0 Å². The Bertz CT molecular complexity index is 699. The minimum atomic E-state index is 0.439. The molecule has 0 aliphatic heterocycles. The molecule has 0 spiro atoms. The third-order valence-corrected chi connectivity index (χ3v) is 4.04. The molecular formula is C14H17AsN4O2. The summed E-state index contributed by atoms with van der Waals surface area (Å²) in [6, 6.07) is 5.86. The number of hydrogen-bond donors (Lipinski definition) is 0. The van der Waals surface area contributed by atoms with Crippen LogP contribution in [0.3, 0.4) is 0 Å². The van der Waals surface area contributed by atoms with Crippen molar-refractivity contribution >= 4 is 38.2 Å². The summed E-state index contributed by atoms with van der Waals surface area (Å²) in [4.78, 5) is 11.0. The third-order valence-electron chi connectivity index (χ3n) is 3.12. The first-order valence-corrected chi connectivity index (χ1v) is 7.59. The SMILES string of the molecule is COc1cc2nc(N(C)CCC#N)nc([AsH2])c2cc1OC. The van der Waals surface area contributed by atoms with Gasteiger partial charge in [0.25, 0.3) is 0 Å². The van der Waals surface area contributed by atoms with Gasteiger partial charge >= 0.3 is 132 Å². The van der Waals surface area contributed by atoms with E-state index in [1.807, 2.05) is 24.1 Å². The van der Waals surface area contributed by atoms with E-state index in [0.717, 1.165) is 15.4 Å². The summed E-state index contributed by atoms with van der Waals surface area (Å²) in [6.45, 7) is 0.599. The number of fused-ring (bicyclic) bond motifs is 1. The molecule has 0 amide bonds. The van der Waals surface area contributed by atoms with Gasteiger partial charge in [-0.1, -0.05) is 0 Å². The maximum atomic E-state index is 8.67. The van der Waals surface area contributed by atoms with Gasteiger partial charge in [0.15, 0.2) is 0 Å². The van der Waals surface area contributed by atoms with Crippen LogP contribution >= 0.6 is 0 Å². The van der Waals surface area contributed by atoms with E-state index >= 15 is 0 Å².